The Bertz CT molecular complexity index is 877. The van der Waals surface area contributed by atoms with Crippen LogP contribution < -0.4 is 5.32 Å². The SMILES string of the molecule is O=C(NC(c1ccccc1)[C@H]1[C@H]2C[C@@H]3C[C@](Cl)(C2)C[C@@]1(Cl)C3)c1ccccn1. The van der Waals surface area contributed by atoms with Crippen molar-refractivity contribution >= 4 is 29.1 Å². The van der Waals surface area contributed by atoms with E-state index in [1.807, 2.05) is 30.3 Å². The minimum Gasteiger partial charge on any atom is -0.344 e. The third-order valence-corrected chi connectivity index (χ3v) is 7.95. The van der Waals surface area contributed by atoms with Crippen molar-refractivity contribution in [1.82, 2.24) is 10.3 Å². The van der Waals surface area contributed by atoms with Crippen LogP contribution in [0.4, 0.5) is 0 Å². The molecule has 2 aromatic rings. The molecule has 28 heavy (non-hydrogen) atoms. The Balaban J connectivity index is 1.51. The molecule has 1 aromatic heterocycles. The number of nitrogens with zero attached hydrogens (tertiary/aromatic N) is 1. The number of aromatic nitrogens is 1. The van der Waals surface area contributed by atoms with Gasteiger partial charge < -0.3 is 5.32 Å². The summed E-state index contributed by atoms with van der Waals surface area (Å²) >= 11 is 14.3. The molecular formula is C23H24Cl2N2O. The highest BCUT2D eigenvalue weighted by Gasteiger charge is 2.63. The van der Waals surface area contributed by atoms with E-state index in [0.29, 0.717) is 17.5 Å². The van der Waals surface area contributed by atoms with Crippen LogP contribution in [0.25, 0.3) is 0 Å². The van der Waals surface area contributed by atoms with Crippen LogP contribution in [0.5, 0.6) is 0 Å². The smallest absolute Gasteiger partial charge is 0.270 e. The minimum absolute atomic E-state index is 0.140. The van der Waals surface area contributed by atoms with E-state index in [4.69, 9.17) is 23.2 Å². The molecule has 6 rings (SSSR count). The maximum absolute atomic E-state index is 13.0. The highest BCUT2D eigenvalue weighted by Crippen LogP contribution is 2.66. The summed E-state index contributed by atoms with van der Waals surface area (Å²) in [5.41, 5.74) is 1.54. The highest BCUT2D eigenvalue weighted by molar-refractivity contribution is 6.28. The molecule has 1 amide bonds. The van der Waals surface area contributed by atoms with Gasteiger partial charge in [-0.1, -0.05) is 36.4 Å². The molecule has 4 saturated carbocycles. The van der Waals surface area contributed by atoms with E-state index in [2.05, 4.69) is 22.4 Å². The summed E-state index contributed by atoms with van der Waals surface area (Å²) < 4.78 is 0. The lowest BCUT2D eigenvalue weighted by Gasteiger charge is -2.63. The predicted octanol–water partition coefficient (Wildman–Crippen LogP) is 5.35. The normalized spacial score (nSPS) is 36.9. The quantitative estimate of drug-likeness (QED) is 0.685. The van der Waals surface area contributed by atoms with Gasteiger partial charge >= 0.3 is 0 Å². The molecule has 3 nitrogen and oxygen atoms in total. The summed E-state index contributed by atoms with van der Waals surface area (Å²) in [7, 11) is 0. The van der Waals surface area contributed by atoms with Crippen LogP contribution in [0.2, 0.25) is 0 Å². The van der Waals surface area contributed by atoms with Gasteiger partial charge in [-0.05, 0) is 61.6 Å². The van der Waals surface area contributed by atoms with Crippen molar-refractivity contribution in [1.29, 1.82) is 0 Å². The topological polar surface area (TPSA) is 42.0 Å². The third kappa shape index (κ3) is 3.13. The zero-order valence-electron chi connectivity index (χ0n) is 15.7. The molecule has 4 aliphatic rings. The number of hydrogen-bond donors (Lipinski definition) is 1. The lowest BCUT2D eigenvalue weighted by atomic mass is 9.49. The number of hydrogen-bond acceptors (Lipinski definition) is 2. The Morgan fingerprint density at radius 3 is 2.54 bits per heavy atom. The maximum Gasteiger partial charge on any atom is 0.270 e. The van der Waals surface area contributed by atoms with Gasteiger partial charge in [-0.15, -0.1) is 23.2 Å². The molecular weight excluding hydrogens is 391 g/mol. The van der Waals surface area contributed by atoms with Gasteiger partial charge in [-0.2, -0.15) is 0 Å². The Kier molecular flexibility index (Phi) is 4.44. The predicted molar refractivity (Wildman–Crippen MR) is 112 cm³/mol. The molecule has 1 unspecified atom stereocenters. The number of benzene rings is 1. The Morgan fingerprint density at radius 1 is 1.07 bits per heavy atom. The second kappa shape index (κ2) is 6.74. The number of halogens is 2. The molecule has 0 aliphatic heterocycles. The van der Waals surface area contributed by atoms with E-state index in [1.54, 1.807) is 12.3 Å². The number of carbonyl (C=O) groups is 1. The van der Waals surface area contributed by atoms with Gasteiger partial charge in [0.05, 0.1) is 10.9 Å². The summed E-state index contributed by atoms with van der Waals surface area (Å²) in [6, 6.07) is 15.5. The molecule has 1 heterocycles. The zero-order chi connectivity index (χ0) is 19.4. The first kappa shape index (κ1) is 18.4. The summed E-state index contributed by atoms with van der Waals surface area (Å²) in [4.78, 5) is 16.7. The third-order valence-electron chi connectivity index (χ3n) is 6.96. The Morgan fingerprint density at radius 2 is 1.86 bits per heavy atom. The zero-order valence-corrected chi connectivity index (χ0v) is 17.2. The second-order valence-electron chi connectivity index (χ2n) is 8.94. The van der Waals surface area contributed by atoms with Gasteiger partial charge in [0, 0.05) is 17.0 Å². The van der Waals surface area contributed by atoms with Gasteiger partial charge in [0.2, 0.25) is 0 Å². The van der Waals surface area contributed by atoms with Crippen LogP contribution in [0, 0.1) is 17.8 Å². The largest absolute Gasteiger partial charge is 0.344 e. The van der Waals surface area contributed by atoms with Gasteiger partial charge in [0.15, 0.2) is 0 Å². The van der Waals surface area contributed by atoms with Crippen molar-refractivity contribution in [3.05, 3.63) is 66.0 Å². The minimum atomic E-state index is -0.357. The molecule has 5 heteroatoms. The van der Waals surface area contributed by atoms with Crippen LogP contribution in [0.3, 0.4) is 0 Å². The number of pyridine rings is 1. The monoisotopic (exact) mass is 414 g/mol. The molecule has 1 aromatic carbocycles. The molecule has 0 radical (unpaired) electrons. The van der Waals surface area contributed by atoms with Gasteiger partial charge in [-0.3, -0.25) is 9.78 Å². The van der Waals surface area contributed by atoms with E-state index < -0.39 is 0 Å². The van der Waals surface area contributed by atoms with Crippen molar-refractivity contribution in [2.45, 2.75) is 47.9 Å². The Labute approximate surface area is 175 Å². The molecule has 1 N–H and O–H groups in total. The fourth-order valence-electron chi connectivity index (χ4n) is 6.32. The first-order valence-electron chi connectivity index (χ1n) is 10.1. The van der Waals surface area contributed by atoms with Crippen molar-refractivity contribution in [2.24, 2.45) is 17.8 Å². The fourth-order valence-corrected chi connectivity index (χ4v) is 7.82. The number of alkyl halides is 2. The summed E-state index contributed by atoms with van der Waals surface area (Å²) in [5, 5.41) is 3.29. The number of nitrogens with one attached hydrogen (secondary N) is 1. The van der Waals surface area contributed by atoms with Crippen molar-refractivity contribution in [2.75, 3.05) is 0 Å². The molecule has 6 atom stereocenters. The molecule has 0 saturated heterocycles. The van der Waals surface area contributed by atoms with E-state index >= 15 is 0 Å². The van der Waals surface area contributed by atoms with Crippen LogP contribution in [0.1, 0.15) is 54.2 Å². The number of amides is 1. The van der Waals surface area contributed by atoms with Crippen LogP contribution in [-0.4, -0.2) is 20.6 Å². The van der Waals surface area contributed by atoms with Crippen LogP contribution in [-0.2, 0) is 0 Å². The molecule has 4 fully saturated rings. The average Bonchev–Trinajstić information content (AvgIpc) is 2.66. The van der Waals surface area contributed by atoms with Crippen molar-refractivity contribution < 1.29 is 4.79 Å². The van der Waals surface area contributed by atoms with E-state index in [1.165, 1.54) is 0 Å². The number of carbonyl (C=O) groups excluding carboxylic acids is 1. The van der Waals surface area contributed by atoms with Crippen LogP contribution >= 0.6 is 23.2 Å². The summed E-state index contributed by atoms with van der Waals surface area (Å²) in [5.74, 6) is 1.07. The van der Waals surface area contributed by atoms with E-state index in [0.717, 1.165) is 37.7 Å². The van der Waals surface area contributed by atoms with E-state index in [-0.39, 0.29) is 27.6 Å². The average molecular weight is 415 g/mol. The first-order chi connectivity index (χ1) is 13.5. The van der Waals surface area contributed by atoms with Gasteiger partial charge in [0.25, 0.3) is 5.91 Å². The summed E-state index contributed by atoms with van der Waals surface area (Å²) in [6.07, 6.45) is 6.71. The molecule has 4 aliphatic carbocycles. The number of rotatable bonds is 4. The highest BCUT2D eigenvalue weighted by atomic mass is 35.5. The van der Waals surface area contributed by atoms with E-state index in [9.17, 15) is 4.79 Å². The van der Waals surface area contributed by atoms with Crippen molar-refractivity contribution in [3.63, 3.8) is 0 Å². The maximum atomic E-state index is 13.0. The van der Waals surface area contributed by atoms with Gasteiger partial charge in [-0.25, -0.2) is 0 Å². The first-order valence-corrected chi connectivity index (χ1v) is 10.9. The lowest BCUT2D eigenvalue weighted by Crippen LogP contribution is -2.62. The summed E-state index contributed by atoms with van der Waals surface area (Å²) in [6.45, 7) is 0. The molecule has 146 valence electrons. The van der Waals surface area contributed by atoms with Crippen LogP contribution in [0.15, 0.2) is 54.7 Å². The second-order valence-corrected chi connectivity index (χ2v) is 10.5. The lowest BCUT2D eigenvalue weighted by molar-refractivity contribution is -0.0237. The molecule has 4 bridgehead atoms. The Hall–Kier alpha value is -1.58. The standard InChI is InChI=1S/C23H24Cl2N2O/c24-22-11-15-10-17(13-22)19(23(25,12-15)14-22)20(16-6-2-1-3-7-16)27-21(28)18-8-4-5-9-26-18/h1-9,15,17,19-20H,10-14H2,(H,27,28)/t15-,17+,19-,20?,22+,23+/m1/s1. The fraction of sp³-hybridized carbons (Fsp3) is 0.478. The van der Waals surface area contributed by atoms with Crippen molar-refractivity contribution in [3.8, 4) is 0 Å². The van der Waals surface area contributed by atoms with Gasteiger partial charge in [0.1, 0.15) is 5.69 Å². The molecule has 0 spiro atoms.